The number of carbonyl (C=O) groups is 1. The van der Waals surface area contributed by atoms with E-state index >= 15 is 0 Å². The Morgan fingerprint density at radius 3 is 2.52 bits per heavy atom. The summed E-state index contributed by atoms with van der Waals surface area (Å²) < 4.78 is 6.02. The smallest absolute Gasteiger partial charge is 0.252 e. The molecule has 0 bridgehead atoms. The Balaban J connectivity index is 1.17. The van der Waals surface area contributed by atoms with E-state index in [-0.39, 0.29) is 5.91 Å². The van der Waals surface area contributed by atoms with Crippen molar-refractivity contribution in [3.05, 3.63) is 20.9 Å². The molecule has 2 saturated carbocycles. The van der Waals surface area contributed by atoms with Gasteiger partial charge in [-0.05, 0) is 69.3 Å². The van der Waals surface area contributed by atoms with Gasteiger partial charge in [0, 0.05) is 35.4 Å². The molecule has 2 aliphatic carbocycles. The van der Waals surface area contributed by atoms with Crippen molar-refractivity contribution < 1.29 is 9.53 Å². The highest BCUT2D eigenvalue weighted by Crippen LogP contribution is 2.43. The second-order valence-corrected chi connectivity index (χ2v) is 10.3. The first-order valence-electron chi connectivity index (χ1n) is 10.9. The van der Waals surface area contributed by atoms with Crippen LogP contribution in [-0.4, -0.2) is 48.7 Å². The third kappa shape index (κ3) is 3.47. The number of fused-ring (bicyclic) bond motifs is 1. The van der Waals surface area contributed by atoms with Crippen molar-refractivity contribution in [3.63, 3.8) is 0 Å². The normalized spacial score (nSPS) is 30.5. The predicted molar refractivity (Wildman–Crippen MR) is 109 cm³/mol. The number of hydrogen-bond donors (Lipinski definition) is 1. The fourth-order valence-electron chi connectivity index (χ4n) is 5.39. The van der Waals surface area contributed by atoms with Crippen LogP contribution >= 0.6 is 11.3 Å². The second kappa shape index (κ2) is 7.16. The Morgan fingerprint density at radius 1 is 1.11 bits per heavy atom. The minimum absolute atomic E-state index is 0.146. The highest BCUT2D eigenvalue weighted by atomic mass is 32.1. The van der Waals surface area contributed by atoms with E-state index in [1.807, 2.05) is 11.3 Å². The molecule has 1 unspecified atom stereocenters. The van der Waals surface area contributed by atoms with Crippen LogP contribution in [0.4, 0.5) is 0 Å². The Hall–Kier alpha value is -0.910. The Bertz CT molecular complexity index is 712. The minimum atomic E-state index is 0.146. The fourth-order valence-corrected chi connectivity index (χ4v) is 6.84. The lowest BCUT2D eigenvalue weighted by atomic mass is 9.76. The zero-order valence-electron chi connectivity index (χ0n) is 16.6. The van der Waals surface area contributed by atoms with E-state index in [1.165, 1.54) is 53.8 Å². The van der Waals surface area contributed by atoms with Crippen LogP contribution < -0.4 is 5.32 Å². The summed E-state index contributed by atoms with van der Waals surface area (Å²) in [6.07, 6.45) is 9.99. The first-order valence-corrected chi connectivity index (χ1v) is 11.7. The van der Waals surface area contributed by atoms with Crippen LogP contribution in [0.1, 0.15) is 77.0 Å². The zero-order valence-corrected chi connectivity index (χ0v) is 17.4. The summed E-state index contributed by atoms with van der Waals surface area (Å²) in [6, 6.07) is 0.774. The highest BCUT2D eigenvalue weighted by molar-refractivity contribution is 7.12. The van der Waals surface area contributed by atoms with Crippen LogP contribution in [0.25, 0.3) is 0 Å². The van der Waals surface area contributed by atoms with Gasteiger partial charge in [-0.25, -0.2) is 0 Å². The number of hydrogen-bond acceptors (Lipinski definition) is 4. The third-order valence-corrected chi connectivity index (χ3v) is 8.84. The van der Waals surface area contributed by atoms with Gasteiger partial charge >= 0.3 is 0 Å². The number of nitrogens with zero attached hydrogens (tertiary/aromatic N) is 1. The summed E-state index contributed by atoms with van der Waals surface area (Å²) in [5.41, 5.74) is 2.24. The van der Waals surface area contributed by atoms with Crippen LogP contribution in [0.15, 0.2) is 0 Å². The van der Waals surface area contributed by atoms with E-state index in [1.54, 1.807) is 0 Å². The maximum atomic E-state index is 12.3. The molecule has 3 fully saturated rings. The molecule has 5 rings (SSSR count). The number of thiophene rings is 1. The fraction of sp³-hybridized carbons (Fsp3) is 0.773. The summed E-state index contributed by atoms with van der Waals surface area (Å²) in [7, 11) is 0. The SMILES string of the molecule is Cc1c(C(C)C2CCC(N3CC(OC4CC4)C3)CC2)sc2c1C(=O)NCC2. The van der Waals surface area contributed by atoms with E-state index < -0.39 is 0 Å². The molecule has 1 aromatic rings. The number of nitrogens with one attached hydrogen (secondary N) is 1. The number of rotatable bonds is 5. The van der Waals surface area contributed by atoms with Crippen molar-refractivity contribution in [1.29, 1.82) is 0 Å². The molecule has 1 atom stereocenters. The third-order valence-electron chi connectivity index (χ3n) is 7.29. The van der Waals surface area contributed by atoms with Crippen LogP contribution in [0.2, 0.25) is 0 Å². The van der Waals surface area contributed by atoms with Crippen molar-refractivity contribution in [1.82, 2.24) is 10.2 Å². The van der Waals surface area contributed by atoms with Gasteiger partial charge in [0.25, 0.3) is 5.91 Å². The van der Waals surface area contributed by atoms with Gasteiger partial charge in [-0.15, -0.1) is 11.3 Å². The average molecular weight is 389 g/mol. The van der Waals surface area contributed by atoms with Crippen molar-refractivity contribution >= 4 is 17.2 Å². The van der Waals surface area contributed by atoms with Gasteiger partial charge in [-0.1, -0.05) is 6.92 Å². The summed E-state index contributed by atoms with van der Waals surface area (Å²) in [5, 5.41) is 3.01. The molecule has 3 heterocycles. The number of amides is 1. The van der Waals surface area contributed by atoms with Gasteiger partial charge in [0.1, 0.15) is 0 Å². The van der Waals surface area contributed by atoms with Gasteiger partial charge in [-0.2, -0.15) is 0 Å². The Kier molecular flexibility index (Phi) is 4.81. The van der Waals surface area contributed by atoms with Crippen LogP contribution in [0, 0.1) is 12.8 Å². The van der Waals surface area contributed by atoms with Crippen molar-refractivity contribution in [3.8, 4) is 0 Å². The molecule has 4 aliphatic rings. The second-order valence-electron chi connectivity index (χ2n) is 9.16. The lowest BCUT2D eigenvalue weighted by molar-refractivity contribution is -0.0860. The largest absolute Gasteiger partial charge is 0.372 e. The molecule has 0 aromatic carbocycles. The van der Waals surface area contributed by atoms with E-state index in [0.29, 0.717) is 18.1 Å². The topological polar surface area (TPSA) is 41.6 Å². The van der Waals surface area contributed by atoms with Crippen molar-refractivity contribution in [2.75, 3.05) is 19.6 Å². The minimum Gasteiger partial charge on any atom is -0.372 e. The summed E-state index contributed by atoms with van der Waals surface area (Å²) >= 11 is 1.91. The van der Waals surface area contributed by atoms with Crippen LogP contribution in [0.5, 0.6) is 0 Å². The standard InChI is InChI=1S/C22H32N2O2S/c1-13(21-14(2)20-19(27-21)9-10-23-22(20)25)15-3-5-16(6-4-15)24-11-18(12-24)26-17-7-8-17/h13,15-18H,3-12H2,1-2H3,(H,23,25). The molecule has 0 radical (unpaired) electrons. The molecular weight excluding hydrogens is 356 g/mol. The Labute approximate surface area is 166 Å². The molecule has 148 valence electrons. The van der Waals surface area contributed by atoms with Crippen LogP contribution in [-0.2, 0) is 11.2 Å². The van der Waals surface area contributed by atoms with Gasteiger partial charge < -0.3 is 10.1 Å². The van der Waals surface area contributed by atoms with E-state index in [9.17, 15) is 4.79 Å². The quantitative estimate of drug-likeness (QED) is 0.833. The van der Waals surface area contributed by atoms with E-state index in [4.69, 9.17) is 4.74 Å². The lowest BCUT2D eigenvalue weighted by Crippen LogP contribution is -2.57. The Morgan fingerprint density at radius 2 is 1.85 bits per heavy atom. The lowest BCUT2D eigenvalue weighted by Gasteiger charge is -2.47. The molecule has 4 nitrogen and oxygen atoms in total. The molecule has 27 heavy (non-hydrogen) atoms. The van der Waals surface area contributed by atoms with Gasteiger partial charge in [0.15, 0.2) is 0 Å². The molecule has 1 aromatic heterocycles. The highest BCUT2D eigenvalue weighted by Gasteiger charge is 2.39. The number of carbonyl (C=O) groups excluding carboxylic acids is 1. The zero-order chi connectivity index (χ0) is 18.5. The van der Waals surface area contributed by atoms with E-state index in [2.05, 4.69) is 24.1 Å². The molecule has 5 heteroatoms. The average Bonchev–Trinajstić information content (AvgIpc) is 3.40. The van der Waals surface area contributed by atoms with Gasteiger partial charge in [-0.3, -0.25) is 9.69 Å². The number of ether oxygens (including phenoxy) is 1. The maximum absolute atomic E-state index is 12.3. The maximum Gasteiger partial charge on any atom is 0.252 e. The van der Waals surface area contributed by atoms with Crippen LogP contribution in [0.3, 0.4) is 0 Å². The molecule has 1 saturated heterocycles. The van der Waals surface area contributed by atoms with Gasteiger partial charge in [0.2, 0.25) is 0 Å². The first-order chi connectivity index (χ1) is 13.1. The molecule has 0 spiro atoms. The van der Waals surface area contributed by atoms with Crippen molar-refractivity contribution in [2.45, 2.75) is 83.0 Å². The number of likely N-dealkylation sites (tertiary alicyclic amines) is 1. The monoisotopic (exact) mass is 388 g/mol. The molecule has 2 aliphatic heterocycles. The van der Waals surface area contributed by atoms with Gasteiger partial charge in [0.05, 0.1) is 17.8 Å². The predicted octanol–water partition coefficient (Wildman–Crippen LogP) is 3.87. The van der Waals surface area contributed by atoms with Crippen molar-refractivity contribution in [2.24, 2.45) is 5.92 Å². The molecular formula is C22H32N2O2S. The molecule has 1 amide bonds. The van der Waals surface area contributed by atoms with E-state index in [0.717, 1.165) is 43.6 Å². The summed E-state index contributed by atoms with van der Waals surface area (Å²) in [4.78, 5) is 17.7. The molecule has 1 N–H and O–H groups in total. The summed E-state index contributed by atoms with van der Waals surface area (Å²) in [6.45, 7) is 7.68. The summed E-state index contributed by atoms with van der Waals surface area (Å²) in [5.74, 6) is 1.49. The first kappa shape index (κ1) is 18.1.